The second-order valence-corrected chi connectivity index (χ2v) is 8.29. The molecule has 0 saturated heterocycles. The van der Waals surface area contributed by atoms with Gasteiger partial charge in [-0.2, -0.15) is 0 Å². The molecule has 2 N–H and O–H groups in total. The molecule has 0 aliphatic carbocycles. The highest BCUT2D eigenvalue weighted by atomic mass is 35.5. The molecule has 4 heteroatoms. The lowest BCUT2D eigenvalue weighted by Gasteiger charge is -2.23. The van der Waals surface area contributed by atoms with E-state index < -0.39 is 0 Å². The molecule has 4 aromatic carbocycles. The van der Waals surface area contributed by atoms with Crippen LogP contribution < -0.4 is 10.5 Å². The fraction of sp³-hybridized carbons (Fsp3) is 0.143. The molecule has 3 nitrogen and oxygen atoms in total. The summed E-state index contributed by atoms with van der Waals surface area (Å²) < 4.78 is 5.93. The topological polar surface area (TPSA) is 38.5 Å². The van der Waals surface area contributed by atoms with Crippen molar-refractivity contribution in [2.75, 3.05) is 0 Å². The van der Waals surface area contributed by atoms with E-state index in [9.17, 15) is 0 Å². The quantitative estimate of drug-likeness (QED) is 0.310. The monoisotopic (exact) mass is 442 g/mol. The summed E-state index contributed by atoms with van der Waals surface area (Å²) in [6.07, 6.45) is 0. The van der Waals surface area contributed by atoms with Gasteiger partial charge in [-0.25, -0.2) is 0 Å². The average Bonchev–Trinajstić information content (AvgIpc) is 2.82. The number of nitrogens with two attached hydrogens (primary N) is 1. The number of hydrogen-bond donors (Lipinski definition) is 1. The minimum absolute atomic E-state index is 0.550. The fourth-order valence-electron chi connectivity index (χ4n) is 3.67. The van der Waals surface area contributed by atoms with Crippen molar-refractivity contribution in [3.05, 3.63) is 130 Å². The van der Waals surface area contributed by atoms with Crippen molar-refractivity contribution in [3.8, 4) is 11.5 Å². The van der Waals surface area contributed by atoms with Crippen LogP contribution in [-0.2, 0) is 26.2 Å². The highest BCUT2D eigenvalue weighted by Gasteiger charge is 2.10. The molecule has 0 heterocycles. The third-order valence-electron chi connectivity index (χ3n) is 5.26. The Morgan fingerprint density at radius 2 is 1.16 bits per heavy atom. The third-order valence-corrected chi connectivity index (χ3v) is 5.51. The molecule has 0 atom stereocenters. The zero-order valence-corrected chi connectivity index (χ0v) is 18.7. The first-order chi connectivity index (χ1) is 15.7. The van der Waals surface area contributed by atoms with E-state index in [1.807, 2.05) is 54.6 Å². The van der Waals surface area contributed by atoms with Crippen molar-refractivity contribution in [3.63, 3.8) is 0 Å². The molecule has 0 radical (unpaired) electrons. The lowest BCUT2D eigenvalue weighted by Crippen LogP contribution is -2.22. The number of halogens is 1. The van der Waals surface area contributed by atoms with E-state index in [0.717, 1.165) is 41.7 Å². The predicted octanol–water partition coefficient (Wildman–Crippen LogP) is 6.79. The summed E-state index contributed by atoms with van der Waals surface area (Å²) in [6, 6.07) is 34.7. The van der Waals surface area contributed by atoms with E-state index in [1.54, 1.807) is 0 Å². The van der Waals surface area contributed by atoms with Gasteiger partial charge in [-0.1, -0.05) is 78.3 Å². The predicted molar refractivity (Wildman–Crippen MR) is 132 cm³/mol. The van der Waals surface area contributed by atoms with Gasteiger partial charge in [-0.15, -0.1) is 0 Å². The number of para-hydroxylation sites is 1. The van der Waals surface area contributed by atoms with E-state index in [1.165, 1.54) is 16.7 Å². The highest BCUT2D eigenvalue weighted by Crippen LogP contribution is 2.23. The van der Waals surface area contributed by atoms with Gasteiger partial charge in [0.1, 0.15) is 11.5 Å². The summed E-state index contributed by atoms with van der Waals surface area (Å²) in [5, 5.41) is 0.755. The minimum Gasteiger partial charge on any atom is -0.457 e. The van der Waals surface area contributed by atoms with E-state index >= 15 is 0 Å². The SMILES string of the molecule is NCc1cccc(CN(Cc2ccc(Cl)cc2)Cc2ccc(Oc3ccccc3)cc2)c1. The molecule has 4 aromatic rings. The summed E-state index contributed by atoms with van der Waals surface area (Å²) in [5.41, 5.74) is 10.7. The molecular weight excluding hydrogens is 416 g/mol. The molecule has 0 fully saturated rings. The molecule has 0 bridgehead atoms. The van der Waals surface area contributed by atoms with Gasteiger partial charge in [0.05, 0.1) is 0 Å². The summed E-state index contributed by atoms with van der Waals surface area (Å²) in [7, 11) is 0. The van der Waals surface area contributed by atoms with Crippen LogP contribution in [0, 0.1) is 0 Å². The first-order valence-corrected chi connectivity index (χ1v) is 11.1. The summed E-state index contributed by atoms with van der Waals surface area (Å²) in [5.74, 6) is 1.67. The zero-order valence-electron chi connectivity index (χ0n) is 18.0. The third kappa shape index (κ3) is 6.44. The molecule has 0 amide bonds. The Kier molecular flexibility index (Phi) is 7.57. The van der Waals surface area contributed by atoms with Crippen LogP contribution in [0.5, 0.6) is 11.5 Å². The van der Waals surface area contributed by atoms with E-state index in [0.29, 0.717) is 6.54 Å². The van der Waals surface area contributed by atoms with E-state index in [4.69, 9.17) is 22.1 Å². The van der Waals surface area contributed by atoms with Crippen LogP contribution in [0.15, 0.2) is 103 Å². The molecule has 162 valence electrons. The summed E-state index contributed by atoms with van der Waals surface area (Å²) in [6.45, 7) is 3.03. The Morgan fingerprint density at radius 3 is 1.81 bits per heavy atom. The molecule has 0 aliphatic rings. The maximum Gasteiger partial charge on any atom is 0.127 e. The van der Waals surface area contributed by atoms with Crippen LogP contribution in [0.1, 0.15) is 22.3 Å². The van der Waals surface area contributed by atoms with E-state index in [-0.39, 0.29) is 0 Å². The molecule has 0 unspecified atom stereocenters. The zero-order chi connectivity index (χ0) is 22.2. The Hall–Kier alpha value is -3.11. The average molecular weight is 443 g/mol. The Balaban J connectivity index is 1.49. The van der Waals surface area contributed by atoms with Crippen molar-refractivity contribution < 1.29 is 4.74 Å². The van der Waals surface area contributed by atoms with Crippen molar-refractivity contribution in [1.82, 2.24) is 4.90 Å². The number of ether oxygens (including phenoxy) is 1. The standard InChI is InChI=1S/C28H27ClN2O/c29-26-13-9-22(10-14-26)19-31(21-25-6-4-5-24(17-25)18-30)20-23-11-15-28(16-12-23)32-27-7-2-1-3-8-27/h1-17H,18-21,30H2. The molecule has 0 aromatic heterocycles. The summed E-state index contributed by atoms with van der Waals surface area (Å²) in [4.78, 5) is 2.42. The maximum atomic E-state index is 6.08. The number of benzene rings is 4. The summed E-state index contributed by atoms with van der Waals surface area (Å²) >= 11 is 6.08. The smallest absolute Gasteiger partial charge is 0.127 e. The number of rotatable bonds is 9. The van der Waals surface area contributed by atoms with Gasteiger partial charge >= 0.3 is 0 Å². The van der Waals surface area contributed by atoms with E-state index in [2.05, 4.69) is 53.4 Å². The number of nitrogens with zero attached hydrogens (tertiary/aromatic N) is 1. The van der Waals surface area contributed by atoms with Crippen LogP contribution in [0.2, 0.25) is 5.02 Å². The molecule has 0 aliphatic heterocycles. The van der Waals surface area contributed by atoms with Crippen LogP contribution in [0.4, 0.5) is 0 Å². The fourth-order valence-corrected chi connectivity index (χ4v) is 3.80. The van der Waals surface area contributed by atoms with Crippen molar-refractivity contribution >= 4 is 11.6 Å². The Morgan fingerprint density at radius 1 is 0.594 bits per heavy atom. The van der Waals surface area contributed by atoms with Gasteiger partial charge in [-0.05, 0) is 58.7 Å². The number of hydrogen-bond acceptors (Lipinski definition) is 3. The van der Waals surface area contributed by atoms with Crippen molar-refractivity contribution in [1.29, 1.82) is 0 Å². The van der Waals surface area contributed by atoms with Crippen LogP contribution in [-0.4, -0.2) is 4.90 Å². The maximum absolute atomic E-state index is 6.08. The molecule has 32 heavy (non-hydrogen) atoms. The Bertz CT molecular complexity index is 1110. The molecule has 4 rings (SSSR count). The highest BCUT2D eigenvalue weighted by molar-refractivity contribution is 6.30. The van der Waals surface area contributed by atoms with Gasteiger partial charge in [-0.3, -0.25) is 4.90 Å². The molecular formula is C28H27ClN2O. The van der Waals surface area contributed by atoms with Gasteiger partial charge in [0.25, 0.3) is 0 Å². The lowest BCUT2D eigenvalue weighted by atomic mass is 10.1. The van der Waals surface area contributed by atoms with Crippen LogP contribution >= 0.6 is 11.6 Å². The minimum atomic E-state index is 0.550. The first-order valence-electron chi connectivity index (χ1n) is 10.7. The van der Waals surface area contributed by atoms with Crippen LogP contribution in [0.25, 0.3) is 0 Å². The Labute approximate surface area is 195 Å². The van der Waals surface area contributed by atoms with Crippen molar-refractivity contribution in [2.45, 2.75) is 26.2 Å². The van der Waals surface area contributed by atoms with Gasteiger partial charge in [0.15, 0.2) is 0 Å². The van der Waals surface area contributed by atoms with Gasteiger partial charge < -0.3 is 10.5 Å². The second-order valence-electron chi connectivity index (χ2n) is 7.85. The van der Waals surface area contributed by atoms with Gasteiger partial charge in [0, 0.05) is 31.2 Å². The van der Waals surface area contributed by atoms with Gasteiger partial charge in [0.2, 0.25) is 0 Å². The lowest BCUT2D eigenvalue weighted by molar-refractivity contribution is 0.247. The second kappa shape index (κ2) is 11.0. The molecule has 0 saturated carbocycles. The largest absolute Gasteiger partial charge is 0.457 e. The van der Waals surface area contributed by atoms with Crippen LogP contribution in [0.3, 0.4) is 0 Å². The first kappa shape index (κ1) is 22.1. The normalized spacial score (nSPS) is 11.0. The van der Waals surface area contributed by atoms with Crippen molar-refractivity contribution in [2.24, 2.45) is 5.73 Å². The molecule has 0 spiro atoms.